The number of nitrogens with zero attached hydrogens (tertiary/aromatic N) is 1. The lowest BCUT2D eigenvalue weighted by atomic mass is 10.1. The highest BCUT2D eigenvalue weighted by molar-refractivity contribution is 5.84. The first-order valence-electron chi connectivity index (χ1n) is 6.48. The van der Waals surface area contributed by atoms with Crippen LogP contribution in [-0.4, -0.2) is 13.7 Å². The quantitative estimate of drug-likeness (QED) is 0.805. The second-order valence-electron chi connectivity index (χ2n) is 4.49. The molecule has 0 aliphatic carbocycles. The molecule has 0 saturated heterocycles. The van der Waals surface area contributed by atoms with E-state index in [1.54, 1.807) is 7.11 Å². The van der Waals surface area contributed by atoms with Gasteiger partial charge in [-0.15, -0.1) is 0 Å². The number of ether oxygens (including phenoxy) is 1. The molecule has 0 aliphatic heterocycles. The molecular formula is C16H18N2O. The fourth-order valence-corrected chi connectivity index (χ4v) is 2.04. The van der Waals surface area contributed by atoms with Gasteiger partial charge in [0, 0.05) is 13.0 Å². The van der Waals surface area contributed by atoms with Crippen molar-refractivity contribution in [2.75, 3.05) is 13.7 Å². The summed E-state index contributed by atoms with van der Waals surface area (Å²) < 4.78 is 5.22. The van der Waals surface area contributed by atoms with E-state index in [0.29, 0.717) is 6.42 Å². The Morgan fingerprint density at radius 2 is 1.95 bits per heavy atom. The molecule has 0 saturated carbocycles. The van der Waals surface area contributed by atoms with E-state index in [1.165, 1.54) is 16.3 Å². The molecule has 0 aliphatic rings. The van der Waals surface area contributed by atoms with Gasteiger partial charge in [-0.3, -0.25) is 0 Å². The molecule has 0 atom stereocenters. The van der Waals surface area contributed by atoms with Gasteiger partial charge >= 0.3 is 0 Å². The van der Waals surface area contributed by atoms with Crippen molar-refractivity contribution in [3.8, 4) is 11.8 Å². The van der Waals surface area contributed by atoms with Gasteiger partial charge in [-0.2, -0.15) is 5.26 Å². The van der Waals surface area contributed by atoms with Crippen molar-refractivity contribution in [2.45, 2.75) is 19.4 Å². The predicted molar refractivity (Wildman–Crippen MR) is 77.1 cm³/mol. The van der Waals surface area contributed by atoms with Gasteiger partial charge in [0.2, 0.25) is 0 Å². The number of nitriles is 1. The smallest absolute Gasteiger partial charge is 0.119 e. The van der Waals surface area contributed by atoms with Crippen LogP contribution in [0.3, 0.4) is 0 Å². The fraction of sp³-hybridized carbons (Fsp3) is 0.312. The second kappa shape index (κ2) is 6.77. The maximum atomic E-state index is 8.46. The number of hydrogen-bond acceptors (Lipinski definition) is 3. The molecule has 0 fully saturated rings. The van der Waals surface area contributed by atoms with Gasteiger partial charge in [0.05, 0.1) is 13.2 Å². The van der Waals surface area contributed by atoms with E-state index in [9.17, 15) is 0 Å². The molecule has 2 aromatic rings. The zero-order valence-electron chi connectivity index (χ0n) is 11.1. The maximum absolute atomic E-state index is 8.46. The second-order valence-corrected chi connectivity index (χ2v) is 4.49. The molecule has 3 nitrogen and oxygen atoms in total. The van der Waals surface area contributed by atoms with Crippen LogP contribution in [0.1, 0.15) is 18.4 Å². The number of rotatable bonds is 6. The molecule has 0 unspecified atom stereocenters. The number of fused-ring (bicyclic) bond motifs is 1. The van der Waals surface area contributed by atoms with Gasteiger partial charge in [-0.1, -0.05) is 18.2 Å². The predicted octanol–water partition coefficient (Wildman–Crippen LogP) is 3.24. The van der Waals surface area contributed by atoms with Gasteiger partial charge in [-0.05, 0) is 47.5 Å². The van der Waals surface area contributed by atoms with E-state index in [1.807, 2.05) is 12.1 Å². The summed E-state index contributed by atoms with van der Waals surface area (Å²) in [5, 5.41) is 14.2. The third-order valence-corrected chi connectivity index (χ3v) is 3.08. The number of benzene rings is 2. The van der Waals surface area contributed by atoms with E-state index < -0.39 is 0 Å². The van der Waals surface area contributed by atoms with E-state index in [2.05, 4.69) is 35.7 Å². The highest BCUT2D eigenvalue weighted by atomic mass is 16.5. The van der Waals surface area contributed by atoms with Gasteiger partial charge in [0.1, 0.15) is 5.75 Å². The molecule has 1 N–H and O–H groups in total. The standard InChI is InChI=1S/C16H18N2O/c1-19-16-7-6-14-10-13(4-5-15(14)11-16)12-18-9-3-2-8-17/h4-7,10-11,18H,2-3,9,12H2,1H3. The largest absolute Gasteiger partial charge is 0.497 e. The summed E-state index contributed by atoms with van der Waals surface area (Å²) >= 11 is 0. The monoisotopic (exact) mass is 254 g/mol. The fourth-order valence-electron chi connectivity index (χ4n) is 2.04. The lowest BCUT2D eigenvalue weighted by Crippen LogP contribution is -2.14. The van der Waals surface area contributed by atoms with Gasteiger partial charge in [0.15, 0.2) is 0 Å². The molecule has 0 bridgehead atoms. The number of methoxy groups -OCH3 is 1. The van der Waals surface area contributed by atoms with Crippen LogP contribution in [-0.2, 0) is 6.54 Å². The van der Waals surface area contributed by atoms with E-state index in [4.69, 9.17) is 10.00 Å². The van der Waals surface area contributed by atoms with E-state index in [-0.39, 0.29) is 0 Å². The summed E-state index contributed by atoms with van der Waals surface area (Å²) in [5.41, 5.74) is 1.26. The van der Waals surface area contributed by atoms with Crippen molar-refractivity contribution in [3.63, 3.8) is 0 Å². The van der Waals surface area contributed by atoms with Crippen LogP contribution in [0.4, 0.5) is 0 Å². The Labute approximate surface area is 113 Å². The number of hydrogen-bond donors (Lipinski definition) is 1. The van der Waals surface area contributed by atoms with Crippen LogP contribution in [0.25, 0.3) is 10.8 Å². The number of nitrogens with one attached hydrogen (secondary N) is 1. The summed E-state index contributed by atoms with van der Waals surface area (Å²) in [6.07, 6.45) is 1.52. The SMILES string of the molecule is COc1ccc2cc(CNCCCC#N)ccc2c1. The molecule has 0 heterocycles. The van der Waals surface area contributed by atoms with Crippen LogP contribution in [0, 0.1) is 11.3 Å². The Bertz CT molecular complexity index is 587. The van der Waals surface area contributed by atoms with Crippen molar-refractivity contribution in [1.82, 2.24) is 5.32 Å². The maximum Gasteiger partial charge on any atom is 0.119 e. The molecule has 0 spiro atoms. The third kappa shape index (κ3) is 3.70. The summed E-state index contributed by atoms with van der Waals surface area (Å²) in [5.74, 6) is 0.884. The van der Waals surface area contributed by atoms with Gasteiger partial charge < -0.3 is 10.1 Å². The topological polar surface area (TPSA) is 45.0 Å². The Morgan fingerprint density at radius 1 is 1.16 bits per heavy atom. The molecule has 0 aromatic heterocycles. The Balaban J connectivity index is 1.99. The third-order valence-electron chi connectivity index (χ3n) is 3.08. The molecule has 19 heavy (non-hydrogen) atoms. The normalized spacial score (nSPS) is 10.3. The van der Waals surface area contributed by atoms with Crippen LogP contribution >= 0.6 is 0 Å². The summed E-state index contributed by atoms with van der Waals surface area (Å²) in [6.45, 7) is 1.72. The van der Waals surface area contributed by atoms with Gasteiger partial charge in [-0.25, -0.2) is 0 Å². The molecular weight excluding hydrogens is 236 g/mol. The highest BCUT2D eigenvalue weighted by Gasteiger charge is 1.99. The van der Waals surface area contributed by atoms with Crippen LogP contribution in [0.2, 0.25) is 0 Å². The van der Waals surface area contributed by atoms with Gasteiger partial charge in [0.25, 0.3) is 0 Å². The molecule has 98 valence electrons. The average molecular weight is 254 g/mol. The van der Waals surface area contributed by atoms with Crippen molar-refractivity contribution in [1.29, 1.82) is 5.26 Å². The minimum Gasteiger partial charge on any atom is -0.497 e. The van der Waals surface area contributed by atoms with Crippen molar-refractivity contribution < 1.29 is 4.74 Å². The van der Waals surface area contributed by atoms with Crippen LogP contribution in [0.15, 0.2) is 36.4 Å². The van der Waals surface area contributed by atoms with E-state index >= 15 is 0 Å². The Hall–Kier alpha value is -2.05. The average Bonchev–Trinajstić information content (AvgIpc) is 2.46. The lowest BCUT2D eigenvalue weighted by molar-refractivity contribution is 0.415. The van der Waals surface area contributed by atoms with E-state index in [0.717, 1.165) is 25.3 Å². The Morgan fingerprint density at radius 3 is 2.74 bits per heavy atom. The first kappa shape index (κ1) is 13.4. The Kier molecular flexibility index (Phi) is 4.77. The van der Waals surface area contributed by atoms with Crippen molar-refractivity contribution in [3.05, 3.63) is 42.0 Å². The van der Waals surface area contributed by atoms with Crippen molar-refractivity contribution in [2.24, 2.45) is 0 Å². The number of unbranched alkanes of at least 4 members (excludes halogenated alkanes) is 1. The minimum absolute atomic E-state index is 0.616. The molecule has 3 heteroatoms. The van der Waals surface area contributed by atoms with Crippen LogP contribution < -0.4 is 10.1 Å². The van der Waals surface area contributed by atoms with Crippen LogP contribution in [0.5, 0.6) is 5.75 Å². The zero-order valence-corrected chi connectivity index (χ0v) is 11.1. The highest BCUT2D eigenvalue weighted by Crippen LogP contribution is 2.21. The van der Waals surface area contributed by atoms with Crippen molar-refractivity contribution >= 4 is 10.8 Å². The minimum atomic E-state index is 0.616. The summed E-state index contributed by atoms with van der Waals surface area (Å²) in [4.78, 5) is 0. The molecule has 2 rings (SSSR count). The lowest BCUT2D eigenvalue weighted by Gasteiger charge is -2.07. The molecule has 0 amide bonds. The summed E-state index contributed by atoms with van der Waals surface area (Å²) in [7, 11) is 1.68. The first-order valence-corrected chi connectivity index (χ1v) is 6.48. The molecule has 2 aromatic carbocycles. The zero-order chi connectivity index (χ0) is 13.5. The summed E-state index contributed by atoms with van der Waals surface area (Å²) in [6, 6.07) is 14.7. The molecule has 0 radical (unpaired) electrons. The first-order chi connectivity index (χ1) is 9.33.